The number of halogens is 1. The van der Waals surface area contributed by atoms with Gasteiger partial charge in [-0.1, -0.05) is 15.9 Å². The van der Waals surface area contributed by atoms with Gasteiger partial charge >= 0.3 is 0 Å². The molecule has 0 fully saturated rings. The molecule has 1 aromatic rings. The average molecular weight is 268 g/mol. The molecule has 0 aliphatic carbocycles. The van der Waals surface area contributed by atoms with Gasteiger partial charge in [0.05, 0.1) is 5.56 Å². The van der Waals surface area contributed by atoms with Crippen molar-refractivity contribution < 1.29 is 9.53 Å². The lowest BCUT2D eigenvalue weighted by Crippen LogP contribution is -2.30. The molecule has 0 atom stereocenters. The van der Waals surface area contributed by atoms with Crippen LogP contribution in [0.2, 0.25) is 0 Å². The average Bonchev–Trinajstić information content (AvgIpc) is 2.20. The molecule has 78 valence electrons. The Kier molecular flexibility index (Phi) is 3.48. The Morgan fingerprint density at radius 3 is 2.73 bits per heavy atom. The van der Waals surface area contributed by atoms with Crippen molar-refractivity contribution in [1.82, 2.24) is 0 Å². The monoisotopic (exact) mass is 267 g/mol. The molecule has 0 radical (unpaired) electrons. The van der Waals surface area contributed by atoms with Crippen LogP contribution in [0.1, 0.15) is 19.4 Å². The summed E-state index contributed by atoms with van der Waals surface area (Å²) >= 11 is 3.26. The van der Waals surface area contributed by atoms with Crippen LogP contribution in [0, 0.1) is 11.3 Å². The highest BCUT2D eigenvalue weighted by atomic mass is 79.9. The highest BCUT2D eigenvalue weighted by molar-refractivity contribution is 9.10. The van der Waals surface area contributed by atoms with Gasteiger partial charge in [-0.3, -0.25) is 4.79 Å². The fourth-order valence-corrected chi connectivity index (χ4v) is 1.35. The van der Waals surface area contributed by atoms with Crippen LogP contribution in [0.25, 0.3) is 0 Å². The van der Waals surface area contributed by atoms with Crippen molar-refractivity contribution >= 4 is 22.2 Å². The number of hydrogen-bond acceptors (Lipinski definition) is 3. The van der Waals surface area contributed by atoms with Crippen LogP contribution in [-0.4, -0.2) is 11.9 Å². The molecule has 0 aliphatic rings. The normalized spacial score (nSPS) is 10.5. The molecule has 0 unspecified atom stereocenters. The van der Waals surface area contributed by atoms with Crippen molar-refractivity contribution in [3.63, 3.8) is 0 Å². The lowest BCUT2D eigenvalue weighted by atomic mass is 10.1. The van der Waals surface area contributed by atoms with E-state index in [1.165, 1.54) is 0 Å². The zero-order chi connectivity index (χ0) is 11.5. The van der Waals surface area contributed by atoms with Crippen molar-refractivity contribution in [2.75, 3.05) is 0 Å². The van der Waals surface area contributed by atoms with Gasteiger partial charge in [-0.15, -0.1) is 0 Å². The molecule has 1 rings (SSSR count). The molecule has 0 amide bonds. The van der Waals surface area contributed by atoms with Crippen molar-refractivity contribution in [3.8, 4) is 11.8 Å². The van der Waals surface area contributed by atoms with Gasteiger partial charge in [-0.05, 0) is 32.0 Å². The van der Waals surface area contributed by atoms with Gasteiger partial charge in [-0.25, -0.2) is 0 Å². The second-order valence-electron chi connectivity index (χ2n) is 3.58. The highest BCUT2D eigenvalue weighted by Gasteiger charge is 2.19. The molecule has 0 N–H and O–H groups in total. The van der Waals surface area contributed by atoms with E-state index in [0.29, 0.717) is 17.6 Å². The van der Waals surface area contributed by atoms with Crippen molar-refractivity contribution in [2.45, 2.75) is 19.4 Å². The molecule has 0 aliphatic heterocycles. The molecular formula is C11H10BrNO2. The van der Waals surface area contributed by atoms with E-state index in [1.807, 2.05) is 6.07 Å². The van der Waals surface area contributed by atoms with E-state index < -0.39 is 5.60 Å². The van der Waals surface area contributed by atoms with E-state index in [9.17, 15) is 4.79 Å². The van der Waals surface area contributed by atoms with Crippen LogP contribution in [-0.2, 0) is 4.79 Å². The molecule has 0 spiro atoms. The Labute approximate surface area is 96.8 Å². The van der Waals surface area contributed by atoms with Crippen LogP contribution in [0.3, 0.4) is 0 Å². The summed E-state index contributed by atoms with van der Waals surface area (Å²) < 4.78 is 6.22. The highest BCUT2D eigenvalue weighted by Crippen LogP contribution is 2.25. The fourth-order valence-electron chi connectivity index (χ4n) is 0.986. The molecule has 0 saturated carbocycles. The first-order valence-corrected chi connectivity index (χ1v) is 5.13. The maximum Gasteiger partial charge on any atom is 0.162 e. The molecule has 0 aromatic heterocycles. The molecule has 4 heteroatoms. The predicted molar refractivity (Wildman–Crippen MR) is 59.6 cm³/mol. The molecule has 1 aromatic carbocycles. The number of nitrogens with zero attached hydrogens (tertiary/aromatic N) is 1. The fraction of sp³-hybridized carbons (Fsp3) is 0.273. The number of nitriles is 1. The standard InChI is InChI=1S/C11H10BrNO2/c1-11(2,7-14)15-10-4-3-9(12)5-8(10)6-13/h3-5,7H,1-2H3. The summed E-state index contributed by atoms with van der Waals surface area (Å²) in [5.41, 5.74) is -0.515. The summed E-state index contributed by atoms with van der Waals surface area (Å²) in [4.78, 5) is 10.7. The van der Waals surface area contributed by atoms with Crippen LogP contribution in [0.4, 0.5) is 0 Å². The SMILES string of the molecule is CC(C)(C=O)Oc1ccc(Br)cc1C#N. The molecule has 0 bridgehead atoms. The van der Waals surface area contributed by atoms with Gasteiger partial charge in [0.15, 0.2) is 11.9 Å². The number of hydrogen-bond donors (Lipinski definition) is 0. The van der Waals surface area contributed by atoms with Gasteiger partial charge in [0.2, 0.25) is 0 Å². The van der Waals surface area contributed by atoms with Crippen molar-refractivity contribution in [3.05, 3.63) is 28.2 Å². The minimum atomic E-state index is -0.917. The van der Waals surface area contributed by atoms with Gasteiger partial charge in [0, 0.05) is 4.47 Å². The first-order chi connectivity index (χ1) is 6.98. The quantitative estimate of drug-likeness (QED) is 0.792. The first-order valence-electron chi connectivity index (χ1n) is 4.33. The Morgan fingerprint density at radius 1 is 1.53 bits per heavy atom. The van der Waals surface area contributed by atoms with Crippen LogP contribution in [0.5, 0.6) is 5.75 Å². The molecule has 0 saturated heterocycles. The van der Waals surface area contributed by atoms with Crippen LogP contribution >= 0.6 is 15.9 Å². The number of rotatable bonds is 3. The van der Waals surface area contributed by atoms with Crippen molar-refractivity contribution in [1.29, 1.82) is 5.26 Å². The van der Waals surface area contributed by atoms with E-state index in [2.05, 4.69) is 15.9 Å². The molecular weight excluding hydrogens is 258 g/mol. The maximum absolute atomic E-state index is 10.7. The number of carbonyl (C=O) groups is 1. The van der Waals surface area contributed by atoms with Crippen LogP contribution < -0.4 is 4.74 Å². The Balaban J connectivity index is 3.06. The third-order valence-electron chi connectivity index (χ3n) is 1.72. The number of carbonyl (C=O) groups excluding carboxylic acids is 1. The third-order valence-corrected chi connectivity index (χ3v) is 2.21. The smallest absolute Gasteiger partial charge is 0.162 e. The van der Waals surface area contributed by atoms with Gasteiger partial charge < -0.3 is 4.74 Å². The van der Waals surface area contributed by atoms with Gasteiger partial charge in [0.25, 0.3) is 0 Å². The number of benzene rings is 1. The lowest BCUT2D eigenvalue weighted by Gasteiger charge is -2.20. The summed E-state index contributed by atoms with van der Waals surface area (Å²) in [6.07, 6.45) is 0.705. The molecule has 15 heavy (non-hydrogen) atoms. The number of aldehydes is 1. The summed E-state index contributed by atoms with van der Waals surface area (Å²) in [5, 5.41) is 8.87. The Hall–Kier alpha value is -1.34. The number of ether oxygens (including phenoxy) is 1. The van der Waals surface area contributed by atoms with Gasteiger partial charge in [-0.2, -0.15) is 5.26 Å². The first kappa shape index (κ1) is 11.7. The second-order valence-corrected chi connectivity index (χ2v) is 4.49. The third kappa shape index (κ3) is 3.07. The zero-order valence-electron chi connectivity index (χ0n) is 8.45. The van der Waals surface area contributed by atoms with E-state index in [0.717, 1.165) is 4.47 Å². The van der Waals surface area contributed by atoms with E-state index in [4.69, 9.17) is 10.00 Å². The van der Waals surface area contributed by atoms with Gasteiger partial charge in [0.1, 0.15) is 11.8 Å². The van der Waals surface area contributed by atoms with E-state index in [-0.39, 0.29) is 0 Å². The van der Waals surface area contributed by atoms with E-state index in [1.54, 1.807) is 32.0 Å². The Bertz CT molecular complexity index is 421. The maximum atomic E-state index is 10.7. The second kappa shape index (κ2) is 4.45. The minimum Gasteiger partial charge on any atom is -0.479 e. The summed E-state index contributed by atoms with van der Waals surface area (Å²) in [7, 11) is 0. The minimum absolute atomic E-state index is 0.402. The molecule has 3 nitrogen and oxygen atoms in total. The largest absolute Gasteiger partial charge is 0.479 e. The lowest BCUT2D eigenvalue weighted by molar-refractivity contribution is -0.119. The summed E-state index contributed by atoms with van der Waals surface area (Å²) in [6.45, 7) is 3.28. The molecule has 0 heterocycles. The zero-order valence-corrected chi connectivity index (χ0v) is 10.0. The van der Waals surface area contributed by atoms with Crippen molar-refractivity contribution in [2.24, 2.45) is 0 Å². The Morgan fingerprint density at radius 2 is 2.20 bits per heavy atom. The topological polar surface area (TPSA) is 50.1 Å². The summed E-state index contributed by atoms with van der Waals surface area (Å²) in [6, 6.07) is 7.08. The summed E-state index contributed by atoms with van der Waals surface area (Å²) in [5.74, 6) is 0.415. The predicted octanol–water partition coefficient (Wildman–Crippen LogP) is 2.68. The van der Waals surface area contributed by atoms with Crippen LogP contribution in [0.15, 0.2) is 22.7 Å². The van der Waals surface area contributed by atoms with E-state index >= 15 is 0 Å².